The van der Waals surface area contributed by atoms with Crippen molar-refractivity contribution in [1.82, 2.24) is 5.32 Å². The first-order valence-corrected chi connectivity index (χ1v) is 5.17. The normalized spacial score (nSPS) is 17.9. The molecule has 0 bridgehead atoms. The number of hydrogen-bond donors (Lipinski definition) is 2. The summed E-state index contributed by atoms with van der Waals surface area (Å²) in [7, 11) is 0. The van der Waals surface area contributed by atoms with Crippen molar-refractivity contribution in [2.75, 3.05) is 6.54 Å². The lowest BCUT2D eigenvalue weighted by Crippen LogP contribution is -2.22. The molecule has 1 rings (SSSR count). The van der Waals surface area contributed by atoms with Crippen molar-refractivity contribution in [2.45, 2.75) is 26.2 Å². The number of carbonyl (C=O) groups is 1. The lowest BCUT2D eigenvalue weighted by molar-refractivity contribution is -0.116. The van der Waals surface area contributed by atoms with Crippen LogP contribution in [0.15, 0.2) is 35.8 Å². The second kappa shape index (κ2) is 5.39. The van der Waals surface area contributed by atoms with Crippen LogP contribution in [0.2, 0.25) is 0 Å². The van der Waals surface area contributed by atoms with Crippen LogP contribution in [0.5, 0.6) is 0 Å². The Morgan fingerprint density at radius 3 is 2.87 bits per heavy atom. The van der Waals surface area contributed by atoms with Crippen molar-refractivity contribution in [3.63, 3.8) is 0 Å². The van der Waals surface area contributed by atoms with Crippen molar-refractivity contribution in [3.05, 3.63) is 35.8 Å². The Morgan fingerprint density at radius 2 is 2.33 bits per heavy atom. The zero-order chi connectivity index (χ0) is 11.3. The molecule has 0 spiro atoms. The van der Waals surface area contributed by atoms with Crippen LogP contribution in [0.3, 0.4) is 0 Å². The number of allylic oxidation sites excluding steroid dienone is 3. The molecule has 0 saturated heterocycles. The van der Waals surface area contributed by atoms with Crippen LogP contribution >= 0.6 is 0 Å². The van der Waals surface area contributed by atoms with Gasteiger partial charge in [0.1, 0.15) is 5.76 Å². The fourth-order valence-corrected chi connectivity index (χ4v) is 1.65. The van der Waals surface area contributed by atoms with Crippen molar-refractivity contribution >= 4 is 5.78 Å². The average molecular weight is 207 g/mol. The fourth-order valence-electron chi connectivity index (χ4n) is 1.65. The highest BCUT2D eigenvalue weighted by atomic mass is 16.3. The van der Waals surface area contributed by atoms with E-state index in [2.05, 4.69) is 11.9 Å². The van der Waals surface area contributed by atoms with E-state index in [1.807, 2.05) is 6.92 Å². The number of hydrogen-bond acceptors (Lipinski definition) is 3. The highest BCUT2D eigenvalue weighted by Crippen LogP contribution is 2.24. The molecule has 0 aromatic rings. The van der Waals surface area contributed by atoms with E-state index >= 15 is 0 Å². The Bertz CT molecular complexity index is 327. The molecule has 0 amide bonds. The maximum absolute atomic E-state index is 11.6. The van der Waals surface area contributed by atoms with Gasteiger partial charge in [-0.15, -0.1) is 6.58 Å². The summed E-state index contributed by atoms with van der Waals surface area (Å²) in [5.41, 5.74) is 1.16. The van der Waals surface area contributed by atoms with Crippen LogP contribution in [0.1, 0.15) is 26.2 Å². The standard InChI is InChI=1S/C12H17NO2/c1-3-8-13-9(4-2)12-10(14)6-5-7-11(12)15/h3-4,13-14H,1,5-8H2,2H3/b9-4-. The molecule has 2 N–H and O–H groups in total. The maximum atomic E-state index is 11.6. The predicted octanol–water partition coefficient (Wildman–Crippen LogP) is 2.23. The number of ketones is 1. The summed E-state index contributed by atoms with van der Waals surface area (Å²) in [6.45, 7) is 6.02. The molecule has 0 aliphatic heterocycles. The molecule has 15 heavy (non-hydrogen) atoms. The minimum absolute atomic E-state index is 0.0170. The largest absolute Gasteiger partial charge is 0.511 e. The smallest absolute Gasteiger partial charge is 0.168 e. The van der Waals surface area contributed by atoms with E-state index in [-0.39, 0.29) is 11.5 Å². The number of Topliss-reactive ketones (excluding diaryl/α,β-unsaturated/α-hetero) is 1. The summed E-state index contributed by atoms with van der Waals surface area (Å²) in [6.07, 6.45) is 5.37. The quantitative estimate of drug-likeness (QED) is 0.695. The van der Waals surface area contributed by atoms with Crippen molar-refractivity contribution < 1.29 is 9.90 Å². The first-order valence-electron chi connectivity index (χ1n) is 5.17. The number of nitrogens with one attached hydrogen (secondary N) is 1. The van der Waals surface area contributed by atoms with E-state index in [0.29, 0.717) is 30.7 Å². The highest BCUT2D eigenvalue weighted by Gasteiger charge is 2.22. The average Bonchev–Trinajstić information content (AvgIpc) is 2.22. The van der Waals surface area contributed by atoms with Gasteiger partial charge in [0.25, 0.3) is 0 Å². The summed E-state index contributed by atoms with van der Waals surface area (Å²) in [4.78, 5) is 11.6. The third-order valence-corrected chi connectivity index (χ3v) is 2.38. The Labute approximate surface area is 90.2 Å². The molecule has 82 valence electrons. The van der Waals surface area contributed by atoms with Gasteiger partial charge < -0.3 is 10.4 Å². The summed E-state index contributed by atoms with van der Waals surface area (Å²) in [6, 6.07) is 0. The second-order valence-corrected chi connectivity index (χ2v) is 3.47. The Hall–Kier alpha value is -1.51. The third kappa shape index (κ3) is 2.72. The van der Waals surface area contributed by atoms with Gasteiger partial charge in [-0.2, -0.15) is 0 Å². The van der Waals surface area contributed by atoms with Gasteiger partial charge in [0.05, 0.1) is 5.57 Å². The summed E-state index contributed by atoms with van der Waals surface area (Å²) in [5.74, 6) is 0.222. The number of carbonyl (C=O) groups excluding carboxylic acids is 1. The summed E-state index contributed by atoms with van der Waals surface area (Å²) >= 11 is 0. The van der Waals surface area contributed by atoms with Gasteiger partial charge in [0.2, 0.25) is 0 Å². The van der Waals surface area contributed by atoms with Gasteiger partial charge in [-0.1, -0.05) is 12.2 Å². The molecular formula is C12H17NO2. The Balaban J connectivity index is 2.91. The van der Waals surface area contributed by atoms with E-state index in [4.69, 9.17) is 0 Å². The van der Waals surface area contributed by atoms with Gasteiger partial charge >= 0.3 is 0 Å². The molecule has 0 heterocycles. The molecule has 1 aliphatic carbocycles. The fraction of sp³-hybridized carbons (Fsp3) is 0.417. The SMILES string of the molecule is C=CCN/C(=C\C)C1=C(O)CCCC1=O. The molecule has 0 radical (unpaired) electrons. The van der Waals surface area contributed by atoms with Gasteiger partial charge in [-0.05, 0) is 13.3 Å². The zero-order valence-electron chi connectivity index (χ0n) is 9.05. The molecule has 0 saturated carbocycles. The lowest BCUT2D eigenvalue weighted by Gasteiger charge is -2.18. The van der Waals surface area contributed by atoms with Crippen LogP contribution in [0.25, 0.3) is 0 Å². The summed E-state index contributed by atoms with van der Waals surface area (Å²) < 4.78 is 0. The first-order chi connectivity index (χ1) is 7.20. The molecule has 0 unspecified atom stereocenters. The van der Waals surface area contributed by atoms with Crippen LogP contribution in [-0.2, 0) is 4.79 Å². The predicted molar refractivity (Wildman–Crippen MR) is 60.5 cm³/mol. The minimum Gasteiger partial charge on any atom is -0.511 e. The molecule has 0 atom stereocenters. The van der Waals surface area contributed by atoms with Gasteiger partial charge in [-0.3, -0.25) is 4.79 Å². The van der Waals surface area contributed by atoms with Crippen LogP contribution in [0.4, 0.5) is 0 Å². The van der Waals surface area contributed by atoms with E-state index in [1.165, 1.54) is 0 Å². The van der Waals surface area contributed by atoms with Crippen molar-refractivity contribution in [2.24, 2.45) is 0 Å². The van der Waals surface area contributed by atoms with Crippen molar-refractivity contribution in [3.8, 4) is 0 Å². The number of rotatable bonds is 4. The van der Waals surface area contributed by atoms with E-state index < -0.39 is 0 Å². The van der Waals surface area contributed by atoms with E-state index in [9.17, 15) is 9.90 Å². The molecule has 0 aromatic carbocycles. The molecule has 0 fully saturated rings. The minimum atomic E-state index is 0.0170. The van der Waals surface area contributed by atoms with Crippen LogP contribution in [-0.4, -0.2) is 17.4 Å². The van der Waals surface area contributed by atoms with Crippen molar-refractivity contribution in [1.29, 1.82) is 0 Å². The molecule has 1 aliphatic rings. The Morgan fingerprint density at radius 1 is 1.60 bits per heavy atom. The van der Waals surface area contributed by atoms with Crippen LogP contribution < -0.4 is 5.32 Å². The number of aliphatic hydroxyl groups excluding tert-OH is 1. The van der Waals surface area contributed by atoms with Gasteiger partial charge in [0, 0.05) is 25.1 Å². The molecule has 3 heteroatoms. The Kier molecular flexibility index (Phi) is 4.16. The third-order valence-electron chi connectivity index (χ3n) is 2.38. The summed E-state index contributed by atoms with van der Waals surface area (Å²) in [5, 5.41) is 12.7. The lowest BCUT2D eigenvalue weighted by atomic mass is 9.94. The maximum Gasteiger partial charge on any atom is 0.168 e. The van der Waals surface area contributed by atoms with Gasteiger partial charge in [0.15, 0.2) is 5.78 Å². The van der Waals surface area contributed by atoms with E-state index in [0.717, 1.165) is 6.42 Å². The topological polar surface area (TPSA) is 49.3 Å². The molecule has 3 nitrogen and oxygen atoms in total. The number of aliphatic hydroxyl groups is 1. The second-order valence-electron chi connectivity index (χ2n) is 3.47. The molecular weight excluding hydrogens is 190 g/mol. The van der Waals surface area contributed by atoms with Crippen LogP contribution in [0, 0.1) is 0 Å². The van der Waals surface area contributed by atoms with Gasteiger partial charge in [-0.25, -0.2) is 0 Å². The highest BCUT2D eigenvalue weighted by molar-refractivity contribution is 6.00. The van der Waals surface area contributed by atoms with E-state index in [1.54, 1.807) is 12.2 Å². The first kappa shape index (κ1) is 11.6. The monoisotopic (exact) mass is 207 g/mol. The molecule has 0 aromatic heterocycles. The zero-order valence-corrected chi connectivity index (χ0v) is 9.05.